The Morgan fingerprint density at radius 1 is 1.24 bits per heavy atom. The number of benzene rings is 1. The SMILES string of the molecule is CNc1ncc(Cl)c(Nc2ccc(I)cc2)n1. The van der Waals surface area contributed by atoms with E-state index in [2.05, 4.69) is 43.2 Å². The van der Waals surface area contributed by atoms with Crippen molar-refractivity contribution in [1.82, 2.24) is 9.97 Å². The molecular weight excluding hydrogens is 351 g/mol. The maximum Gasteiger partial charge on any atom is 0.224 e. The van der Waals surface area contributed by atoms with Crippen molar-refractivity contribution in [3.05, 3.63) is 39.1 Å². The minimum absolute atomic E-state index is 0.488. The van der Waals surface area contributed by atoms with Crippen LogP contribution in [0.25, 0.3) is 0 Å². The molecule has 17 heavy (non-hydrogen) atoms. The first kappa shape index (κ1) is 12.4. The molecule has 1 aromatic heterocycles. The predicted octanol–water partition coefficient (Wildman–Crippen LogP) is 3.52. The Labute approximate surface area is 118 Å². The molecule has 0 spiro atoms. The van der Waals surface area contributed by atoms with Crippen molar-refractivity contribution in [1.29, 1.82) is 0 Å². The van der Waals surface area contributed by atoms with E-state index in [1.54, 1.807) is 13.2 Å². The van der Waals surface area contributed by atoms with E-state index in [-0.39, 0.29) is 0 Å². The van der Waals surface area contributed by atoms with Gasteiger partial charge in [0, 0.05) is 16.3 Å². The van der Waals surface area contributed by atoms with Crippen molar-refractivity contribution in [2.24, 2.45) is 0 Å². The van der Waals surface area contributed by atoms with Gasteiger partial charge in [-0.15, -0.1) is 0 Å². The highest BCUT2D eigenvalue weighted by Crippen LogP contribution is 2.23. The summed E-state index contributed by atoms with van der Waals surface area (Å²) in [5.41, 5.74) is 0.938. The number of nitrogens with zero attached hydrogens (tertiary/aromatic N) is 2. The van der Waals surface area contributed by atoms with Crippen LogP contribution in [0.5, 0.6) is 0 Å². The summed E-state index contributed by atoms with van der Waals surface area (Å²) in [5.74, 6) is 1.12. The standard InChI is InChI=1S/C11H10ClIN4/c1-14-11-15-6-9(12)10(17-11)16-8-4-2-7(13)3-5-8/h2-6H,1H3,(H2,14,15,16,17). The first-order valence-electron chi connectivity index (χ1n) is 4.92. The van der Waals surface area contributed by atoms with Gasteiger partial charge in [0.15, 0.2) is 5.82 Å². The van der Waals surface area contributed by atoms with Gasteiger partial charge in [-0.1, -0.05) is 11.6 Å². The molecule has 6 heteroatoms. The monoisotopic (exact) mass is 360 g/mol. The van der Waals surface area contributed by atoms with Crippen LogP contribution in [0, 0.1) is 3.57 Å². The third kappa shape index (κ3) is 3.19. The molecule has 1 aromatic carbocycles. The van der Waals surface area contributed by atoms with Gasteiger partial charge in [-0.05, 0) is 46.9 Å². The van der Waals surface area contributed by atoms with Crippen molar-refractivity contribution in [2.45, 2.75) is 0 Å². The Morgan fingerprint density at radius 2 is 1.94 bits per heavy atom. The Bertz CT molecular complexity index is 515. The van der Waals surface area contributed by atoms with E-state index in [4.69, 9.17) is 11.6 Å². The van der Waals surface area contributed by atoms with Crippen LogP contribution in [0.1, 0.15) is 0 Å². The summed E-state index contributed by atoms with van der Waals surface area (Å²) in [7, 11) is 1.76. The smallest absolute Gasteiger partial charge is 0.224 e. The highest BCUT2D eigenvalue weighted by Gasteiger charge is 2.04. The van der Waals surface area contributed by atoms with Crippen LogP contribution in [0.3, 0.4) is 0 Å². The van der Waals surface area contributed by atoms with Crippen molar-refractivity contribution >= 4 is 51.6 Å². The molecule has 0 aliphatic heterocycles. The minimum atomic E-state index is 0.488. The summed E-state index contributed by atoms with van der Waals surface area (Å²) in [6.07, 6.45) is 1.56. The molecule has 4 nitrogen and oxygen atoms in total. The summed E-state index contributed by atoms with van der Waals surface area (Å²) >= 11 is 8.27. The summed E-state index contributed by atoms with van der Waals surface area (Å²) in [6.45, 7) is 0. The molecule has 0 unspecified atom stereocenters. The van der Waals surface area contributed by atoms with E-state index in [0.29, 0.717) is 16.8 Å². The lowest BCUT2D eigenvalue weighted by Gasteiger charge is -2.08. The lowest BCUT2D eigenvalue weighted by molar-refractivity contribution is 1.15. The van der Waals surface area contributed by atoms with Crippen LogP contribution in [0.2, 0.25) is 5.02 Å². The second kappa shape index (κ2) is 5.50. The Hall–Kier alpha value is -1.08. The van der Waals surface area contributed by atoms with Gasteiger partial charge in [0.25, 0.3) is 0 Å². The van der Waals surface area contributed by atoms with Gasteiger partial charge in [0.1, 0.15) is 5.02 Å². The van der Waals surface area contributed by atoms with Gasteiger partial charge in [-0.3, -0.25) is 0 Å². The first-order valence-corrected chi connectivity index (χ1v) is 6.37. The third-order valence-corrected chi connectivity index (χ3v) is 3.07. The lowest BCUT2D eigenvalue weighted by Crippen LogP contribution is -2.00. The van der Waals surface area contributed by atoms with Crippen molar-refractivity contribution in [3.8, 4) is 0 Å². The van der Waals surface area contributed by atoms with E-state index in [1.807, 2.05) is 24.3 Å². The fourth-order valence-electron chi connectivity index (χ4n) is 1.25. The van der Waals surface area contributed by atoms with Crippen LogP contribution >= 0.6 is 34.2 Å². The molecule has 0 atom stereocenters. The van der Waals surface area contributed by atoms with E-state index in [1.165, 1.54) is 3.57 Å². The maximum absolute atomic E-state index is 6.02. The zero-order valence-corrected chi connectivity index (χ0v) is 12.0. The molecule has 2 aromatic rings. The average molecular weight is 361 g/mol. The highest BCUT2D eigenvalue weighted by molar-refractivity contribution is 14.1. The Balaban J connectivity index is 2.25. The number of nitrogens with one attached hydrogen (secondary N) is 2. The normalized spacial score (nSPS) is 10.1. The largest absolute Gasteiger partial charge is 0.357 e. The van der Waals surface area contributed by atoms with Crippen LogP contribution in [0.15, 0.2) is 30.5 Å². The van der Waals surface area contributed by atoms with Crippen LogP contribution in [-0.4, -0.2) is 17.0 Å². The van der Waals surface area contributed by atoms with E-state index >= 15 is 0 Å². The molecule has 0 amide bonds. The zero-order valence-electron chi connectivity index (χ0n) is 9.04. The summed E-state index contributed by atoms with van der Waals surface area (Å²) in [5, 5.41) is 6.50. The predicted molar refractivity (Wildman–Crippen MR) is 79.0 cm³/mol. The number of rotatable bonds is 3. The second-order valence-electron chi connectivity index (χ2n) is 3.27. The van der Waals surface area contributed by atoms with E-state index in [0.717, 1.165) is 5.69 Å². The molecule has 0 saturated heterocycles. The van der Waals surface area contributed by atoms with Crippen LogP contribution < -0.4 is 10.6 Å². The average Bonchev–Trinajstić information content (AvgIpc) is 2.35. The highest BCUT2D eigenvalue weighted by atomic mass is 127. The van der Waals surface area contributed by atoms with Crippen LogP contribution in [-0.2, 0) is 0 Å². The molecule has 0 aliphatic rings. The molecule has 0 saturated carbocycles. The van der Waals surface area contributed by atoms with Crippen molar-refractivity contribution in [2.75, 3.05) is 17.7 Å². The second-order valence-corrected chi connectivity index (χ2v) is 4.92. The molecule has 2 rings (SSSR count). The molecule has 0 fully saturated rings. The fraction of sp³-hybridized carbons (Fsp3) is 0.0909. The van der Waals surface area contributed by atoms with Gasteiger partial charge in [0.2, 0.25) is 5.95 Å². The maximum atomic E-state index is 6.02. The molecule has 2 N–H and O–H groups in total. The molecule has 88 valence electrons. The summed E-state index contributed by atoms with van der Waals surface area (Å²) in [4.78, 5) is 8.26. The fourth-order valence-corrected chi connectivity index (χ4v) is 1.74. The van der Waals surface area contributed by atoms with Crippen LogP contribution in [0.4, 0.5) is 17.5 Å². The number of halogens is 2. The quantitative estimate of drug-likeness (QED) is 0.822. The summed E-state index contributed by atoms with van der Waals surface area (Å²) in [6, 6.07) is 7.96. The van der Waals surface area contributed by atoms with Gasteiger partial charge < -0.3 is 10.6 Å². The lowest BCUT2D eigenvalue weighted by atomic mass is 10.3. The number of hydrogen-bond acceptors (Lipinski definition) is 4. The number of hydrogen-bond donors (Lipinski definition) is 2. The van der Waals surface area contributed by atoms with Gasteiger partial charge in [0.05, 0.1) is 6.20 Å². The van der Waals surface area contributed by atoms with Gasteiger partial charge in [-0.25, -0.2) is 4.98 Å². The molecule has 1 heterocycles. The first-order chi connectivity index (χ1) is 8.19. The molecule has 0 aliphatic carbocycles. The van der Waals surface area contributed by atoms with Gasteiger partial charge >= 0.3 is 0 Å². The minimum Gasteiger partial charge on any atom is -0.357 e. The molecule has 0 bridgehead atoms. The Kier molecular flexibility index (Phi) is 4.01. The Morgan fingerprint density at radius 3 is 2.59 bits per heavy atom. The van der Waals surface area contributed by atoms with Crippen molar-refractivity contribution < 1.29 is 0 Å². The molecule has 0 radical (unpaired) electrons. The van der Waals surface area contributed by atoms with E-state index < -0.39 is 0 Å². The molecular formula is C11H10ClIN4. The topological polar surface area (TPSA) is 49.8 Å². The van der Waals surface area contributed by atoms with Crippen molar-refractivity contribution in [3.63, 3.8) is 0 Å². The number of aromatic nitrogens is 2. The van der Waals surface area contributed by atoms with E-state index in [9.17, 15) is 0 Å². The number of anilines is 3. The third-order valence-electron chi connectivity index (χ3n) is 2.07. The zero-order chi connectivity index (χ0) is 12.3. The van der Waals surface area contributed by atoms with Gasteiger partial charge in [-0.2, -0.15) is 4.98 Å². The summed E-state index contributed by atoms with van der Waals surface area (Å²) < 4.78 is 1.18.